The fourth-order valence-electron chi connectivity index (χ4n) is 3.06. The molecule has 0 aliphatic carbocycles. The van der Waals surface area contributed by atoms with Crippen LogP contribution in [0.1, 0.15) is 15.9 Å². The SMILES string of the molecule is COC(=O)c1ccc(CSc2nc3ccccc3c(=O)n2-c2ccccc2F)cc1. The number of carbonyl (C=O) groups is 1. The Hall–Kier alpha value is -3.45. The molecular formula is C23H17FN2O3S. The minimum atomic E-state index is -0.499. The Morgan fingerprint density at radius 1 is 1.03 bits per heavy atom. The van der Waals surface area contributed by atoms with Crippen LogP contribution in [0.5, 0.6) is 0 Å². The zero-order chi connectivity index (χ0) is 21.1. The highest BCUT2D eigenvalue weighted by molar-refractivity contribution is 7.98. The molecule has 0 amide bonds. The number of halogens is 1. The first-order chi connectivity index (χ1) is 14.6. The second-order valence-corrected chi connectivity index (χ2v) is 7.42. The van der Waals surface area contributed by atoms with E-state index >= 15 is 0 Å². The molecule has 7 heteroatoms. The van der Waals surface area contributed by atoms with Crippen molar-refractivity contribution in [2.75, 3.05) is 7.11 Å². The van der Waals surface area contributed by atoms with Crippen LogP contribution >= 0.6 is 11.8 Å². The van der Waals surface area contributed by atoms with E-state index in [-0.39, 0.29) is 11.2 Å². The van der Waals surface area contributed by atoms with Gasteiger partial charge in [0.05, 0.1) is 29.3 Å². The van der Waals surface area contributed by atoms with Crippen molar-refractivity contribution in [3.8, 4) is 5.69 Å². The fraction of sp³-hybridized carbons (Fsp3) is 0.0870. The Bertz CT molecular complexity index is 1290. The molecule has 0 aliphatic rings. The van der Waals surface area contributed by atoms with Crippen molar-refractivity contribution in [3.63, 3.8) is 0 Å². The number of ether oxygens (including phenoxy) is 1. The van der Waals surface area contributed by atoms with E-state index in [1.807, 2.05) is 18.2 Å². The Balaban J connectivity index is 1.74. The summed E-state index contributed by atoms with van der Waals surface area (Å²) in [6.07, 6.45) is 0. The molecule has 0 fully saturated rings. The topological polar surface area (TPSA) is 61.2 Å². The summed E-state index contributed by atoms with van der Waals surface area (Å²) >= 11 is 1.32. The van der Waals surface area contributed by atoms with Gasteiger partial charge in [0.2, 0.25) is 0 Å². The number of hydrogen-bond acceptors (Lipinski definition) is 5. The van der Waals surface area contributed by atoms with E-state index in [0.717, 1.165) is 5.56 Å². The molecule has 30 heavy (non-hydrogen) atoms. The number of esters is 1. The van der Waals surface area contributed by atoms with Crippen molar-refractivity contribution in [2.45, 2.75) is 10.9 Å². The molecular weight excluding hydrogens is 403 g/mol. The van der Waals surface area contributed by atoms with Crippen molar-refractivity contribution in [2.24, 2.45) is 0 Å². The molecule has 0 saturated carbocycles. The molecule has 3 aromatic carbocycles. The van der Waals surface area contributed by atoms with Crippen molar-refractivity contribution in [3.05, 3.63) is 100 Å². The predicted octanol–water partition coefficient (Wildman–Crippen LogP) is 4.60. The van der Waals surface area contributed by atoms with Gasteiger partial charge in [0.15, 0.2) is 5.16 Å². The summed E-state index contributed by atoms with van der Waals surface area (Å²) in [5.41, 5.74) is 1.77. The normalized spacial score (nSPS) is 10.9. The minimum absolute atomic E-state index is 0.157. The van der Waals surface area contributed by atoms with Gasteiger partial charge in [0.1, 0.15) is 5.82 Å². The molecule has 0 bridgehead atoms. The number of benzene rings is 3. The second-order valence-electron chi connectivity index (χ2n) is 6.48. The highest BCUT2D eigenvalue weighted by Gasteiger charge is 2.16. The molecule has 0 aliphatic heterocycles. The van der Waals surface area contributed by atoms with Gasteiger partial charge in [-0.05, 0) is 42.0 Å². The van der Waals surface area contributed by atoms with Gasteiger partial charge in [-0.2, -0.15) is 0 Å². The average Bonchev–Trinajstić information content (AvgIpc) is 2.78. The third-order valence-corrected chi connectivity index (χ3v) is 5.59. The van der Waals surface area contributed by atoms with E-state index in [1.165, 1.54) is 29.5 Å². The van der Waals surface area contributed by atoms with Gasteiger partial charge in [0.25, 0.3) is 5.56 Å². The van der Waals surface area contributed by atoms with E-state index in [1.54, 1.807) is 48.5 Å². The monoisotopic (exact) mass is 420 g/mol. The van der Waals surface area contributed by atoms with Crippen LogP contribution in [0.25, 0.3) is 16.6 Å². The number of nitrogens with zero attached hydrogens (tertiary/aromatic N) is 2. The number of para-hydroxylation sites is 2. The number of rotatable bonds is 5. The molecule has 1 aromatic heterocycles. The summed E-state index contributed by atoms with van der Waals surface area (Å²) in [4.78, 5) is 29.4. The molecule has 0 saturated heterocycles. The van der Waals surface area contributed by atoms with Crippen LogP contribution in [0, 0.1) is 5.82 Å². The lowest BCUT2D eigenvalue weighted by Gasteiger charge is -2.14. The quantitative estimate of drug-likeness (QED) is 0.268. The van der Waals surface area contributed by atoms with Crippen molar-refractivity contribution >= 4 is 28.6 Å². The lowest BCUT2D eigenvalue weighted by atomic mass is 10.1. The van der Waals surface area contributed by atoms with Crippen LogP contribution in [0.4, 0.5) is 4.39 Å². The maximum atomic E-state index is 14.5. The summed E-state index contributed by atoms with van der Waals surface area (Å²) < 4.78 is 20.5. The lowest BCUT2D eigenvalue weighted by Crippen LogP contribution is -2.22. The van der Waals surface area contributed by atoms with E-state index in [9.17, 15) is 14.0 Å². The van der Waals surface area contributed by atoms with Gasteiger partial charge in [-0.1, -0.05) is 48.2 Å². The summed E-state index contributed by atoms with van der Waals surface area (Å²) in [6, 6.07) is 20.1. The maximum absolute atomic E-state index is 14.5. The minimum Gasteiger partial charge on any atom is -0.465 e. The first kappa shape index (κ1) is 19.8. The summed E-state index contributed by atoms with van der Waals surface area (Å²) in [5.74, 6) is -0.416. The average molecular weight is 420 g/mol. The Labute approximate surface area is 176 Å². The molecule has 0 radical (unpaired) electrons. The van der Waals surface area contributed by atoms with E-state index in [0.29, 0.717) is 27.4 Å². The van der Waals surface area contributed by atoms with Gasteiger partial charge in [-0.3, -0.25) is 9.36 Å². The number of aromatic nitrogens is 2. The highest BCUT2D eigenvalue weighted by Crippen LogP contribution is 2.25. The number of hydrogen-bond donors (Lipinski definition) is 0. The van der Waals surface area contributed by atoms with E-state index < -0.39 is 11.8 Å². The molecule has 1 heterocycles. The maximum Gasteiger partial charge on any atom is 0.337 e. The molecule has 4 aromatic rings. The van der Waals surface area contributed by atoms with Crippen LogP contribution in [0.3, 0.4) is 0 Å². The number of methoxy groups -OCH3 is 1. The smallest absolute Gasteiger partial charge is 0.337 e. The molecule has 4 rings (SSSR count). The molecule has 0 N–H and O–H groups in total. The Kier molecular flexibility index (Phi) is 5.63. The van der Waals surface area contributed by atoms with Gasteiger partial charge in [-0.15, -0.1) is 0 Å². The van der Waals surface area contributed by atoms with Crippen LogP contribution in [0.15, 0.2) is 82.7 Å². The fourth-order valence-corrected chi connectivity index (χ4v) is 4.02. The van der Waals surface area contributed by atoms with Gasteiger partial charge in [-0.25, -0.2) is 14.2 Å². The van der Waals surface area contributed by atoms with Crippen LogP contribution in [0.2, 0.25) is 0 Å². The molecule has 150 valence electrons. The largest absolute Gasteiger partial charge is 0.465 e. The van der Waals surface area contributed by atoms with Gasteiger partial charge >= 0.3 is 5.97 Å². The van der Waals surface area contributed by atoms with Crippen molar-refractivity contribution in [1.82, 2.24) is 9.55 Å². The van der Waals surface area contributed by atoms with E-state index in [4.69, 9.17) is 4.74 Å². The second kappa shape index (κ2) is 8.51. The van der Waals surface area contributed by atoms with Crippen molar-refractivity contribution < 1.29 is 13.9 Å². The molecule has 5 nitrogen and oxygen atoms in total. The van der Waals surface area contributed by atoms with Crippen LogP contribution in [-0.2, 0) is 10.5 Å². The summed E-state index contributed by atoms with van der Waals surface area (Å²) in [6.45, 7) is 0. The number of fused-ring (bicyclic) bond motifs is 1. The first-order valence-electron chi connectivity index (χ1n) is 9.15. The molecule has 0 atom stereocenters. The van der Waals surface area contributed by atoms with Crippen LogP contribution < -0.4 is 5.56 Å². The summed E-state index contributed by atoms with van der Waals surface area (Å²) in [5, 5.41) is 0.813. The lowest BCUT2D eigenvalue weighted by molar-refractivity contribution is 0.0600. The third-order valence-electron chi connectivity index (χ3n) is 4.58. The zero-order valence-electron chi connectivity index (χ0n) is 16.0. The zero-order valence-corrected chi connectivity index (χ0v) is 16.9. The Morgan fingerprint density at radius 2 is 1.73 bits per heavy atom. The van der Waals surface area contributed by atoms with Crippen LogP contribution in [-0.4, -0.2) is 22.6 Å². The Morgan fingerprint density at radius 3 is 2.47 bits per heavy atom. The van der Waals surface area contributed by atoms with Crippen molar-refractivity contribution in [1.29, 1.82) is 0 Å². The third kappa shape index (κ3) is 3.84. The van der Waals surface area contributed by atoms with Gasteiger partial charge in [0, 0.05) is 5.75 Å². The molecule has 0 spiro atoms. The predicted molar refractivity (Wildman–Crippen MR) is 115 cm³/mol. The number of carbonyl (C=O) groups excluding carboxylic acids is 1. The molecule has 0 unspecified atom stereocenters. The van der Waals surface area contributed by atoms with Gasteiger partial charge < -0.3 is 4.74 Å². The summed E-state index contributed by atoms with van der Waals surface area (Å²) in [7, 11) is 1.33. The number of thioether (sulfide) groups is 1. The highest BCUT2D eigenvalue weighted by atomic mass is 32.2. The van der Waals surface area contributed by atoms with E-state index in [2.05, 4.69) is 4.98 Å². The first-order valence-corrected chi connectivity index (χ1v) is 10.1. The standard InChI is InChI=1S/C23H17FN2O3S/c1-29-22(28)16-12-10-15(11-13-16)14-30-23-25-19-8-4-2-6-17(19)21(27)26(23)20-9-5-3-7-18(20)24/h2-13H,14H2,1H3.